The van der Waals surface area contributed by atoms with Crippen LogP contribution in [0.4, 0.5) is 0 Å². The van der Waals surface area contributed by atoms with Crippen molar-refractivity contribution in [3.05, 3.63) is 11.6 Å². The number of hydrogen-bond donors (Lipinski definition) is 2. The Morgan fingerprint density at radius 2 is 1.74 bits per heavy atom. The van der Waals surface area contributed by atoms with Crippen molar-refractivity contribution in [1.29, 1.82) is 0 Å². The van der Waals surface area contributed by atoms with Gasteiger partial charge in [0.25, 0.3) is 0 Å². The fraction of sp³-hybridized carbons (Fsp3) is 0.867. The Balaban J connectivity index is 2.10. The first kappa shape index (κ1) is 15.0. The van der Waals surface area contributed by atoms with Crippen LogP contribution in [-0.4, -0.2) is 67.3 Å². The quantitative estimate of drug-likeness (QED) is 0.739. The average molecular weight is 266 g/mol. The molecule has 2 N–H and O–H groups in total. The van der Waals surface area contributed by atoms with Crippen molar-refractivity contribution in [2.45, 2.75) is 39.3 Å². The molecule has 2 heterocycles. The van der Waals surface area contributed by atoms with Crippen LogP contribution < -0.4 is 10.6 Å². The largest absolute Gasteiger partial charge is 0.314 e. The number of piperazine rings is 1. The highest BCUT2D eigenvalue weighted by atomic mass is 15.3. The molecule has 0 aromatic heterocycles. The monoisotopic (exact) mass is 266 g/mol. The molecule has 0 aromatic carbocycles. The zero-order valence-electron chi connectivity index (χ0n) is 13.0. The fourth-order valence-electron chi connectivity index (χ4n) is 3.56. The van der Waals surface area contributed by atoms with Crippen LogP contribution >= 0.6 is 0 Å². The predicted molar refractivity (Wildman–Crippen MR) is 81.3 cm³/mol. The zero-order chi connectivity index (χ0) is 13.9. The van der Waals surface area contributed by atoms with Gasteiger partial charge in [-0.3, -0.25) is 9.80 Å². The van der Waals surface area contributed by atoms with Crippen LogP contribution in [0.3, 0.4) is 0 Å². The maximum absolute atomic E-state index is 3.45. The summed E-state index contributed by atoms with van der Waals surface area (Å²) in [6.45, 7) is 17.1. The van der Waals surface area contributed by atoms with Gasteiger partial charge >= 0.3 is 0 Å². The van der Waals surface area contributed by atoms with Crippen LogP contribution in [-0.2, 0) is 0 Å². The Kier molecular flexibility index (Phi) is 5.01. The minimum Gasteiger partial charge on any atom is -0.314 e. The number of allylic oxidation sites excluding steroid dienone is 1. The lowest BCUT2D eigenvalue weighted by molar-refractivity contribution is 0.115. The summed E-state index contributed by atoms with van der Waals surface area (Å²) in [4.78, 5) is 5.16. The maximum atomic E-state index is 3.45. The molecule has 0 saturated carbocycles. The van der Waals surface area contributed by atoms with Gasteiger partial charge in [-0.1, -0.05) is 6.08 Å². The summed E-state index contributed by atoms with van der Waals surface area (Å²) in [7, 11) is 0. The number of nitrogens with one attached hydrogen (secondary N) is 2. The van der Waals surface area contributed by atoms with Crippen LogP contribution in [0.1, 0.15) is 27.7 Å². The van der Waals surface area contributed by atoms with Gasteiger partial charge in [0.2, 0.25) is 0 Å². The summed E-state index contributed by atoms with van der Waals surface area (Å²) in [5.74, 6) is 0. The van der Waals surface area contributed by atoms with E-state index in [1.807, 2.05) is 0 Å². The van der Waals surface area contributed by atoms with Crippen molar-refractivity contribution in [2.75, 3.05) is 45.9 Å². The molecule has 4 nitrogen and oxygen atoms in total. The van der Waals surface area contributed by atoms with E-state index >= 15 is 0 Å². The van der Waals surface area contributed by atoms with E-state index in [0.717, 1.165) is 45.9 Å². The third kappa shape index (κ3) is 3.19. The molecule has 0 aromatic rings. The Bertz CT molecular complexity index is 312. The SMILES string of the molecule is CC=C(C(C)N1CCNC1)C(C)(C)N1CCNCC1. The second kappa shape index (κ2) is 6.35. The summed E-state index contributed by atoms with van der Waals surface area (Å²) in [5.41, 5.74) is 1.71. The summed E-state index contributed by atoms with van der Waals surface area (Å²) in [6.07, 6.45) is 2.34. The highest BCUT2D eigenvalue weighted by Gasteiger charge is 2.35. The van der Waals surface area contributed by atoms with E-state index in [0.29, 0.717) is 6.04 Å². The molecule has 2 saturated heterocycles. The molecule has 2 aliphatic rings. The van der Waals surface area contributed by atoms with Crippen LogP contribution in [0.2, 0.25) is 0 Å². The van der Waals surface area contributed by atoms with Gasteiger partial charge in [0.05, 0.1) is 0 Å². The van der Waals surface area contributed by atoms with E-state index < -0.39 is 0 Å². The molecule has 0 aliphatic carbocycles. The summed E-state index contributed by atoms with van der Waals surface area (Å²) in [6, 6.07) is 0.518. The van der Waals surface area contributed by atoms with Crippen molar-refractivity contribution in [2.24, 2.45) is 0 Å². The van der Waals surface area contributed by atoms with Gasteiger partial charge in [0.1, 0.15) is 0 Å². The van der Waals surface area contributed by atoms with Crippen LogP contribution in [0.15, 0.2) is 11.6 Å². The van der Waals surface area contributed by atoms with Crippen molar-refractivity contribution in [3.8, 4) is 0 Å². The lowest BCUT2D eigenvalue weighted by atomic mass is 9.85. The topological polar surface area (TPSA) is 30.5 Å². The van der Waals surface area contributed by atoms with Gasteiger partial charge < -0.3 is 10.6 Å². The molecule has 4 heteroatoms. The molecule has 1 atom stereocenters. The lowest BCUT2D eigenvalue weighted by Gasteiger charge is -2.45. The van der Waals surface area contributed by atoms with Gasteiger partial charge in [0, 0.05) is 57.5 Å². The number of hydrogen-bond acceptors (Lipinski definition) is 4. The molecule has 0 spiro atoms. The molecular weight excluding hydrogens is 236 g/mol. The molecule has 0 amide bonds. The Morgan fingerprint density at radius 1 is 1.11 bits per heavy atom. The zero-order valence-corrected chi connectivity index (χ0v) is 13.0. The standard InChI is InChI=1S/C15H30N4/c1-5-14(13(2)18-9-6-17-12-18)15(3,4)19-10-7-16-8-11-19/h5,13,16-17H,6-12H2,1-4H3. The van der Waals surface area contributed by atoms with Gasteiger partial charge in [-0.15, -0.1) is 0 Å². The molecule has 110 valence electrons. The first-order valence-corrected chi connectivity index (χ1v) is 7.64. The first-order chi connectivity index (χ1) is 9.07. The molecule has 2 fully saturated rings. The minimum atomic E-state index is 0.152. The first-order valence-electron chi connectivity index (χ1n) is 7.64. The van der Waals surface area contributed by atoms with Crippen LogP contribution in [0, 0.1) is 0 Å². The fourth-order valence-corrected chi connectivity index (χ4v) is 3.56. The predicted octanol–water partition coefficient (Wildman–Crippen LogP) is 0.868. The van der Waals surface area contributed by atoms with Gasteiger partial charge in [0.15, 0.2) is 0 Å². The Hall–Kier alpha value is -0.420. The Morgan fingerprint density at radius 3 is 2.26 bits per heavy atom. The van der Waals surface area contributed by atoms with E-state index in [1.165, 1.54) is 0 Å². The molecule has 1 unspecified atom stereocenters. The van der Waals surface area contributed by atoms with Crippen molar-refractivity contribution in [1.82, 2.24) is 20.4 Å². The normalized spacial score (nSPS) is 25.8. The van der Waals surface area contributed by atoms with Gasteiger partial charge in [-0.05, 0) is 33.3 Å². The summed E-state index contributed by atoms with van der Waals surface area (Å²) < 4.78 is 0. The third-order valence-electron chi connectivity index (χ3n) is 4.81. The van der Waals surface area contributed by atoms with E-state index in [1.54, 1.807) is 5.57 Å². The minimum absolute atomic E-state index is 0.152. The van der Waals surface area contributed by atoms with E-state index in [-0.39, 0.29) is 5.54 Å². The van der Waals surface area contributed by atoms with E-state index in [4.69, 9.17) is 0 Å². The van der Waals surface area contributed by atoms with Crippen molar-refractivity contribution in [3.63, 3.8) is 0 Å². The second-order valence-corrected chi connectivity index (χ2v) is 6.19. The number of nitrogens with zero attached hydrogens (tertiary/aromatic N) is 2. The molecule has 0 radical (unpaired) electrons. The molecule has 0 bridgehead atoms. The van der Waals surface area contributed by atoms with E-state index in [2.05, 4.69) is 54.2 Å². The average Bonchev–Trinajstić information content (AvgIpc) is 2.94. The van der Waals surface area contributed by atoms with E-state index in [9.17, 15) is 0 Å². The molecule has 2 rings (SSSR count). The second-order valence-electron chi connectivity index (χ2n) is 6.19. The highest BCUT2D eigenvalue weighted by Crippen LogP contribution is 2.29. The lowest BCUT2D eigenvalue weighted by Crippen LogP contribution is -2.56. The number of rotatable bonds is 4. The highest BCUT2D eigenvalue weighted by molar-refractivity contribution is 5.23. The summed E-state index contributed by atoms with van der Waals surface area (Å²) in [5, 5.41) is 6.88. The maximum Gasteiger partial charge on any atom is 0.0486 e. The van der Waals surface area contributed by atoms with Crippen molar-refractivity contribution < 1.29 is 0 Å². The third-order valence-corrected chi connectivity index (χ3v) is 4.81. The van der Waals surface area contributed by atoms with Gasteiger partial charge in [-0.25, -0.2) is 0 Å². The smallest absolute Gasteiger partial charge is 0.0486 e. The van der Waals surface area contributed by atoms with Crippen LogP contribution in [0.5, 0.6) is 0 Å². The summed E-state index contributed by atoms with van der Waals surface area (Å²) >= 11 is 0. The molecule has 19 heavy (non-hydrogen) atoms. The molecular formula is C15H30N4. The Labute approximate surface area is 118 Å². The van der Waals surface area contributed by atoms with Crippen molar-refractivity contribution >= 4 is 0 Å². The molecule has 2 aliphatic heterocycles. The van der Waals surface area contributed by atoms with Gasteiger partial charge in [-0.2, -0.15) is 0 Å². The van der Waals surface area contributed by atoms with Crippen LogP contribution in [0.25, 0.3) is 0 Å².